The highest BCUT2D eigenvalue weighted by Gasteiger charge is 2.19. The van der Waals surface area contributed by atoms with Crippen LogP contribution in [0.5, 0.6) is 11.5 Å². The molecule has 1 amide bonds. The first-order valence-electron chi connectivity index (χ1n) is 10.1. The van der Waals surface area contributed by atoms with Gasteiger partial charge in [0.25, 0.3) is 11.6 Å². The summed E-state index contributed by atoms with van der Waals surface area (Å²) in [5.74, 6) is 0.0434. The zero-order valence-corrected chi connectivity index (χ0v) is 21.0. The number of hydrogen-bond acceptors (Lipinski definition) is 6. The van der Waals surface area contributed by atoms with E-state index in [0.29, 0.717) is 32.1 Å². The monoisotopic (exact) mass is 555 g/mol. The van der Waals surface area contributed by atoms with E-state index in [-0.39, 0.29) is 23.6 Å². The number of nitro groups is 1. The van der Waals surface area contributed by atoms with Gasteiger partial charge in [0.15, 0.2) is 11.5 Å². The number of nitro benzene ring substituents is 1. The standard InChI is InChI=1S/C25H19BrClN3O5/c1-15-3-8-21(22(9-15)30(32)33)29-25(31)18(13-28)10-17-11-20(26)24(23(12-17)34-2)35-14-16-4-6-19(27)7-5-16/h3-12H,14H2,1-2H3,(H,29,31)/b18-10+. The molecule has 0 aliphatic carbocycles. The van der Waals surface area contributed by atoms with Crippen LogP contribution in [0.2, 0.25) is 5.02 Å². The van der Waals surface area contributed by atoms with Gasteiger partial charge in [0.2, 0.25) is 0 Å². The molecule has 0 bridgehead atoms. The third kappa shape index (κ3) is 6.59. The fourth-order valence-corrected chi connectivity index (χ4v) is 3.80. The maximum Gasteiger partial charge on any atom is 0.293 e. The Bertz CT molecular complexity index is 1350. The fraction of sp³-hybridized carbons (Fsp3) is 0.120. The minimum atomic E-state index is -0.780. The Morgan fingerprint density at radius 2 is 1.94 bits per heavy atom. The van der Waals surface area contributed by atoms with E-state index in [0.717, 1.165) is 5.56 Å². The summed E-state index contributed by atoms with van der Waals surface area (Å²) in [4.78, 5) is 23.4. The first-order chi connectivity index (χ1) is 16.7. The number of nitrogens with one attached hydrogen (secondary N) is 1. The molecule has 10 heteroatoms. The lowest BCUT2D eigenvalue weighted by Gasteiger charge is -2.14. The lowest BCUT2D eigenvalue weighted by Crippen LogP contribution is -2.14. The number of ether oxygens (including phenoxy) is 2. The smallest absolute Gasteiger partial charge is 0.293 e. The maximum atomic E-state index is 12.7. The first kappa shape index (κ1) is 25.7. The molecule has 3 aromatic carbocycles. The second-order valence-electron chi connectivity index (χ2n) is 7.35. The summed E-state index contributed by atoms with van der Waals surface area (Å²) in [6.07, 6.45) is 1.35. The molecule has 0 aliphatic heterocycles. The third-order valence-corrected chi connectivity index (χ3v) is 5.66. The van der Waals surface area contributed by atoms with Gasteiger partial charge in [-0.25, -0.2) is 0 Å². The molecular weight excluding hydrogens is 538 g/mol. The van der Waals surface area contributed by atoms with E-state index in [9.17, 15) is 20.2 Å². The minimum Gasteiger partial charge on any atom is -0.493 e. The molecule has 3 rings (SSSR count). The molecule has 0 spiro atoms. The lowest BCUT2D eigenvalue weighted by atomic mass is 10.1. The average Bonchev–Trinajstić information content (AvgIpc) is 2.83. The van der Waals surface area contributed by atoms with Crippen molar-refractivity contribution in [3.63, 3.8) is 0 Å². The van der Waals surface area contributed by atoms with Gasteiger partial charge in [-0.15, -0.1) is 0 Å². The number of aryl methyl sites for hydroxylation is 1. The van der Waals surface area contributed by atoms with Crippen molar-refractivity contribution < 1.29 is 19.2 Å². The van der Waals surface area contributed by atoms with Crippen molar-refractivity contribution in [2.24, 2.45) is 0 Å². The van der Waals surface area contributed by atoms with Crippen LogP contribution in [0.3, 0.4) is 0 Å². The summed E-state index contributed by atoms with van der Waals surface area (Å²) in [5, 5.41) is 23.9. The zero-order valence-electron chi connectivity index (χ0n) is 18.7. The van der Waals surface area contributed by atoms with E-state index in [1.165, 1.54) is 25.3 Å². The Balaban J connectivity index is 1.84. The number of anilines is 1. The molecular formula is C25H19BrClN3O5. The van der Waals surface area contributed by atoms with Crippen LogP contribution in [0.15, 0.2) is 64.6 Å². The van der Waals surface area contributed by atoms with Gasteiger partial charge in [-0.3, -0.25) is 14.9 Å². The molecule has 0 radical (unpaired) electrons. The van der Waals surface area contributed by atoms with E-state index >= 15 is 0 Å². The number of amides is 1. The maximum absolute atomic E-state index is 12.7. The fourth-order valence-electron chi connectivity index (χ4n) is 3.10. The number of halogens is 2. The van der Waals surface area contributed by atoms with Crippen LogP contribution >= 0.6 is 27.5 Å². The molecule has 0 unspecified atom stereocenters. The molecule has 0 saturated carbocycles. The lowest BCUT2D eigenvalue weighted by molar-refractivity contribution is -0.384. The van der Waals surface area contributed by atoms with Crippen LogP contribution in [0.4, 0.5) is 11.4 Å². The van der Waals surface area contributed by atoms with Crippen molar-refractivity contribution in [3.8, 4) is 17.6 Å². The average molecular weight is 557 g/mol. The van der Waals surface area contributed by atoms with Gasteiger partial charge < -0.3 is 14.8 Å². The van der Waals surface area contributed by atoms with E-state index < -0.39 is 10.8 Å². The van der Waals surface area contributed by atoms with Gasteiger partial charge in [0, 0.05) is 11.1 Å². The Hall–Kier alpha value is -3.87. The second-order valence-corrected chi connectivity index (χ2v) is 8.64. The van der Waals surface area contributed by atoms with Crippen LogP contribution in [-0.4, -0.2) is 17.9 Å². The van der Waals surface area contributed by atoms with Gasteiger partial charge in [0.1, 0.15) is 23.9 Å². The van der Waals surface area contributed by atoms with Crippen molar-refractivity contribution in [2.45, 2.75) is 13.5 Å². The normalized spacial score (nSPS) is 10.9. The molecule has 1 N–H and O–H groups in total. The van der Waals surface area contributed by atoms with Crippen LogP contribution in [0.1, 0.15) is 16.7 Å². The highest BCUT2D eigenvalue weighted by atomic mass is 79.9. The molecule has 0 atom stereocenters. The number of methoxy groups -OCH3 is 1. The topological polar surface area (TPSA) is 114 Å². The quantitative estimate of drug-likeness (QED) is 0.148. The molecule has 8 nitrogen and oxygen atoms in total. The summed E-state index contributed by atoms with van der Waals surface area (Å²) in [6.45, 7) is 1.97. The molecule has 0 fully saturated rings. The van der Waals surface area contributed by atoms with E-state index in [1.807, 2.05) is 18.2 Å². The number of hydrogen-bond donors (Lipinski definition) is 1. The number of carbonyl (C=O) groups excluding carboxylic acids is 1. The highest BCUT2D eigenvalue weighted by molar-refractivity contribution is 9.10. The van der Waals surface area contributed by atoms with Crippen LogP contribution in [0, 0.1) is 28.4 Å². The van der Waals surface area contributed by atoms with Crippen molar-refractivity contribution in [1.82, 2.24) is 0 Å². The van der Waals surface area contributed by atoms with E-state index in [4.69, 9.17) is 21.1 Å². The Morgan fingerprint density at radius 3 is 2.57 bits per heavy atom. The largest absolute Gasteiger partial charge is 0.493 e. The molecule has 35 heavy (non-hydrogen) atoms. The van der Waals surface area contributed by atoms with Crippen LogP contribution in [-0.2, 0) is 11.4 Å². The molecule has 0 heterocycles. The van der Waals surface area contributed by atoms with Gasteiger partial charge in [-0.2, -0.15) is 5.26 Å². The number of rotatable bonds is 8. The molecule has 0 saturated heterocycles. The van der Waals surface area contributed by atoms with E-state index in [2.05, 4.69) is 21.2 Å². The molecule has 0 aliphatic rings. The molecule has 0 aromatic heterocycles. The SMILES string of the molecule is COc1cc(/C=C(\C#N)C(=O)Nc2ccc(C)cc2[N+](=O)[O-])cc(Br)c1OCc1ccc(Cl)cc1. The van der Waals surface area contributed by atoms with E-state index in [1.54, 1.807) is 37.3 Å². The number of nitriles is 1. The predicted octanol–water partition coefficient (Wildman–Crippen LogP) is 6.45. The molecule has 178 valence electrons. The Labute approximate surface area is 215 Å². The third-order valence-electron chi connectivity index (χ3n) is 4.82. The summed E-state index contributed by atoms with van der Waals surface area (Å²) in [6, 6.07) is 16.7. The van der Waals surface area contributed by atoms with Crippen LogP contribution < -0.4 is 14.8 Å². The number of benzene rings is 3. The zero-order chi connectivity index (χ0) is 25.5. The Morgan fingerprint density at radius 1 is 1.23 bits per heavy atom. The van der Waals surface area contributed by atoms with Crippen LogP contribution in [0.25, 0.3) is 6.08 Å². The first-order valence-corrected chi connectivity index (χ1v) is 11.3. The highest BCUT2D eigenvalue weighted by Crippen LogP contribution is 2.38. The summed E-state index contributed by atoms with van der Waals surface area (Å²) in [5.41, 5.74) is 1.54. The van der Waals surface area contributed by atoms with Crippen molar-refractivity contribution in [2.75, 3.05) is 12.4 Å². The Kier molecular flexibility index (Phi) is 8.47. The molecule has 3 aromatic rings. The second kappa shape index (κ2) is 11.5. The van der Waals surface area contributed by atoms with Gasteiger partial charge >= 0.3 is 0 Å². The van der Waals surface area contributed by atoms with Crippen molar-refractivity contribution in [3.05, 3.63) is 96.5 Å². The van der Waals surface area contributed by atoms with Gasteiger partial charge in [-0.1, -0.05) is 29.8 Å². The summed E-state index contributed by atoms with van der Waals surface area (Å²) < 4.78 is 11.9. The number of nitrogens with zero attached hydrogens (tertiary/aromatic N) is 2. The van der Waals surface area contributed by atoms with Gasteiger partial charge in [0.05, 0.1) is 16.5 Å². The summed E-state index contributed by atoms with van der Waals surface area (Å²) >= 11 is 9.36. The minimum absolute atomic E-state index is 0.00328. The van der Waals surface area contributed by atoms with Crippen molar-refractivity contribution >= 4 is 50.9 Å². The van der Waals surface area contributed by atoms with Crippen molar-refractivity contribution in [1.29, 1.82) is 5.26 Å². The van der Waals surface area contributed by atoms with Gasteiger partial charge in [-0.05, 0) is 76.0 Å². The predicted molar refractivity (Wildman–Crippen MR) is 137 cm³/mol. The number of carbonyl (C=O) groups is 1. The summed E-state index contributed by atoms with van der Waals surface area (Å²) in [7, 11) is 1.47.